The van der Waals surface area contributed by atoms with Gasteiger partial charge in [-0.2, -0.15) is 0 Å². The molecule has 0 bridgehead atoms. The summed E-state index contributed by atoms with van der Waals surface area (Å²) in [5, 5.41) is 23.5. The number of β-lactam (4-membered cyclic amide) rings is 1. The van der Waals surface area contributed by atoms with Crippen molar-refractivity contribution in [1.29, 1.82) is 0 Å². The lowest BCUT2D eigenvalue weighted by atomic mass is 10.0. The number of carbonyl (C=O) groups excluding carboxylic acids is 2. The Labute approximate surface area is 202 Å². The molecule has 10 nitrogen and oxygen atoms in total. The Morgan fingerprint density at radius 1 is 1.30 bits per heavy atom. The standard InChI is InChI=1S/C20H21N5O5S3/c1-10-23-24-20(33-10)32-9-12-8-31-17-14(16(26)25(17)15(12)18(27)28)22-19(29)21-7-11-3-5-13(30-2)6-4-11/h3-6,14,17H,7-9H2,1-2H3,(H,27,28)(H2,21,22,29)/t14?,17-/m1/s1. The van der Waals surface area contributed by atoms with Gasteiger partial charge < -0.3 is 20.5 Å². The summed E-state index contributed by atoms with van der Waals surface area (Å²) >= 11 is 4.27. The lowest BCUT2D eigenvalue weighted by Crippen LogP contribution is -2.71. The number of amides is 3. The maximum atomic E-state index is 12.7. The highest BCUT2D eigenvalue weighted by Crippen LogP contribution is 2.41. The number of urea groups is 1. The monoisotopic (exact) mass is 507 g/mol. The number of aryl methyl sites for hydroxylation is 1. The van der Waals surface area contributed by atoms with Gasteiger partial charge >= 0.3 is 12.0 Å². The average molecular weight is 508 g/mol. The first kappa shape index (κ1) is 23.4. The van der Waals surface area contributed by atoms with Crippen LogP contribution >= 0.6 is 34.9 Å². The molecule has 3 amide bonds. The number of thioether (sulfide) groups is 2. The third kappa shape index (κ3) is 5.09. The third-order valence-electron chi connectivity index (χ3n) is 5.03. The summed E-state index contributed by atoms with van der Waals surface area (Å²) in [6.45, 7) is 2.13. The predicted molar refractivity (Wildman–Crippen MR) is 125 cm³/mol. The van der Waals surface area contributed by atoms with Gasteiger partial charge in [-0.3, -0.25) is 9.69 Å². The molecule has 3 N–H and O–H groups in total. The summed E-state index contributed by atoms with van der Waals surface area (Å²) < 4.78 is 5.86. The van der Waals surface area contributed by atoms with E-state index in [2.05, 4.69) is 20.8 Å². The minimum absolute atomic E-state index is 0.00539. The van der Waals surface area contributed by atoms with Crippen LogP contribution in [-0.4, -0.2) is 68.1 Å². The molecule has 1 fully saturated rings. The number of ether oxygens (including phenoxy) is 1. The highest BCUT2D eigenvalue weighted by atomic mass is 32.2. The Morgan fingerprint density at radius 2 is 2.06 bits per heavy atom. The quantitative estimate of drug-likeness (QED) is 0.363. The Hall–Kier alpha value is -2.77. The smallest absolute Gasteiger partial charge is 0.352 e. The molecule has 0 saturated carbocycles. The molecule has 0 radical (unpaired) electrons. The predicted octanol–water partition coefficient (Wildman–Crippen LogP) is 2.07. The van der Waals surface area contributed by atoms with E-state index >= 15 is 0 Å². The van der Waals surface area contributed by atoms with Crippen molar-refractivity contribution in [3.63, 3.8) is 0 Å². The molecule has 174 valence electrons. The number of methoxy groups -OCH3 is 1. The fourth-order valence-electron chi connectivity index (χ4n) is 3.40. The molecule has 0 aliphatic carbocycles. The number of fused-ring (bicyclic) bond motifs is 1. The molecule has 2 aliphatic heterocycles. The molecule has 1 aromatic heterocycles. The second-order valence-corrected chi connectivity index (χ2v) is 10.7. The van der Waals surface area contributed by atoms with E-state index in [0.717, 1.165) is 20.7 Å². The number of carboxylic acid groups (broad SMARTS) is 1. The lowest BCUT2D eigenvalue weighted by molar-refractivity contribution is -0.148. The normalized spacial score (nSPS) is 19.6. The molecule has 2 aromatic rings. The van der Waals surface area contributed by atoms with E-state index in [1.165, 1.54) is 39.8 Å². The Kier molecular flexibility index (Phi) is 7.10. The molecule has 2 atom stereocenters. The molecule has 4 rings (SSSR count). The van der Waals surface area contributed by atoms with E-state index in [1.54, 1.807) is 19.2 Å². The third-order valence-corrected chi connectivity index (χ3v) is 8.42. The summed E-state index contributed by atoms with van der Waals surface area (Å²) in [7, 11) is 1.58. The topological polar surface area (TPSA) is 134 Å². The minimum atomic E-state index is -1.15. The van der Waals surface area contributed by atoms with Crippen molar-refractivity contribution in [3.05, 3.63) is 46.1 Å². The van der Waals surface area contributed by atoms with Gasteiger partial charge in [0.15, 0.2) is 4.34 Å². The summed E-state index contributed by atoms with van der Waals surface area (Å²) in [4.78, 5) is 38.3. The number of benzene rings is 1. The second-order valence-electron chi connectivity index (χ2n) is 7.20. The first-order valence-electron chi connectivity index (χ1n) is 9.87. The number of rotatable bonds is 8. The van der Waals surface area contributed by atoms with Gasteiger partial charge in [-0.1, -0.05) is 35.2 Å². The fraction of sp³-hybridized carbons (Fsp3) is 0.350. The van der Waals surface area contributed by atoms with Crippen LogP contribution in [-0.2, 0) is 16.1 Å². The Balaban J connectivity index is 1.35. The van der Waals surface area contributed by atoms with Crippen LogP contribution < -0.4 is 15.4 Å². The van der Waals surface area contributed by atoms with E-state index in [4.69, 9.17) is 4.74 Å². The van der Waals surface area contributed by atoms with E-state index in [0.29, 0.717) is 17.1 Å². The average Bonchev–Trinajstić information content (AvgIpc) is 3.24. The number of hydrogen-bond donors (Lipinski definition) is 3. The summed E-state index contributed by atoms with van der Waals surface area (Å²) in [6.07, 6.45) is 0. The first-order chi connectivity index (χ1) is 15.9. The second kappa shape index (κ2) is 10.0. The summed E-state index contributed by atoms with van der Waals surface area (Å²) in [6, 6.07) is 5.99. The van der Waals surface area contributed by atoms with Crippen molar-refractivity contribution in [2.24, 2.45) is 0 Å². The zero-order valence-corrected chi connectivity index (χ0v) is 20.2. The van der Waals surface area contributed by atoms with Crippen molar-refractivity contribution in [3.8, 4) is 5.75 Å². The van der Waals surface area contributed by atoms with Gasteiger partial charge in [0.2, 0.25) is 0 Å². The van der Waals surface area contributed by atoms with Gasteiger partial charge in [-0.15, -0.1) is 22.0 Å². The molecule has 13 heteroatoms. The molecular formula is C20H21N5O5S3. The molecule has 33 heavy (non-hydrogen) atoms. The van der Waals surface area contributed by atoms with Crippen LogP contribution in [0, 0.1) is 6.92 Å². The van der Waals surface area contributed by atoms with Crippen molar-refractivity contribution in [2.75, 3.05) is 18.6 Å². The number of aromatic nitrogens is 2. The number of nitrogens with one attached hydrogen (secondary N) is 2. The van der Waals surface area contributed by atoms with Crippen LogP contribution in [0.3, 0.4) is 0 Å². The van der Waals surface area contributed by atoms with Gasteiger partial charge in [-0.25, -0.2) is 9.59 Å². The van der Waals surface area contributed by atoms with E-state index in [9.17, 15) is 19.5 Å². The van der Waals surface area contributed by atoms with Crippen LogP contribution in [0.2, 0.25) is 0 Å². The molecule has 2 aliphatic rings. The number of hydrogen-bond acceptors (Lipinski definition) is 9. The fourth-order valence-corrected chi connectivity index (χ4v) is 6.70. The molecule has 0 spiro atoms. The van der Waals surface area contributed by atoms with Crippen molar-refractivity contribution < 1.29 is 24.2 Å². The number of carbonyl (C=O) groups is 3. The lowest BCUT2D eigenvalue weighted by Gasteiger charge is -2.49. The highest BCUT2D eigenvalue weighted by molar-refractivity contribution is 8.01. The van der Waals surface area contributed by atoms with E-state index in [1.807, 2.05) is 19.1 Å². The van der Waals surface area contributed by atoms with Crippen LogP contribution in [0.25, 0.3) is 0 Å². The van der Waals surface area contributed by atoms with Crippen molar-refractivity contribution in [2.45, 2.75) is 29.2 Å². The van der Waals surface area contributed by atoms with Gasteiger partial charge in [0, 0.05) is 18.1 Å². The van der Waals surface area contributed by atoms with Crippen LogP contribution in [0.1, 0.15) is 10.6 Å². The van der Waals surface area contributed by atoms with E-state index < -0.39 is 29.3 Å². The molecule has 1 unspecified atom stereocenters. The SMILES string of the molecule is COc1ccc(CNC(=O)NC2C(=O)N3C(C(=O)O)=C(CSc4nnc(C)s4)CS[C@H]23)cc1. The van der Waals surface area contributed by atoms with Gasteiger partial charge in [0.05, 0.1) is 7.11 Å². The molecular weight excluding hydrogens is 486 g/mol. The number of aliphatic carboxylic acids is 1. The largest absolute Gasteiger partial charge is 0.497 e. The van der Waals surface area contributed by atoms with Crippen molar-refractivity contribution in [1.82, 2.24) is 25.7 Å². The number of carboxylic acids is 1. The molecule has 1 saturated heterocycles. The number of nitrogens with zero attached hydrogens (tertiary/aromatic N) is 3. The summed E-state index contributed by atoms with van der Waals surface area (Å²) in [5.74, 6) is -0.0121. The van der Waals surface area contributed by atoms with Crippen LogP contribution in [0.4, 0.5) is 4.79 Å². The van der Waals surface area contributed by atoms with Gasteiger partial charge in [0.25, 0.3) is 5.91 Å². The highest BCUT2D eigenvalue weighted by Gasteiger charge is 2.54. The molecule has 1 aromatic carbocycles. The summed E-state index contributed by atoms with van der Waals surface area (Å²) in [5.41, 5.74) is 1.52. The maximum Gasteiger partial charge on any atom is 0.352 e. The van der Waals surface area contributed by atoms with Gasteiger partial charge in [0.1, 0.15) is 27.9 Å². The molecule has 3 heterocycles. The van der Waals surface area contributed by atoms with Crippen molar-refractivity contribution >= 4 is 52.8 Å². The first-order valence-corrected chi connectivity index (χ1v) is 12.7. The van der Waals surface area contributed by atoms with E-state index in [-0.39, 0.29) is 12.2 Å². The minimum Gasteiger partial charge on any atom is -0.497 e. The van der Waals surface area contributed by atoms with Crippen LogP contribution in [0.15, 0.2) is 39.9 Å². The zero-order chi connectivity index (χ0) is 23.5. The Bertz CT molecular complexity index is 1100. The zero-order valence-electron chi connectivity index (χ0n) is 17.7. The van der Waals surface area contributed by atoms with Crippen LogP contribution in [0.5, 0.6) is 5.75 Å². The maximum absolute atomic E-state index is 12.7. The Morgan fingerprint density at radius 3 is 2.70 bits per heavy atom. The van der Waals surface area contributed by atoms with Gasteiger partial charge in [-0.05, 0) is 30.2 Å².